The number of carbonyl (C=O) groups is 1. The first-order valence-electron chi connectivity index (χ1n) is 6.04. The lowest BCUT2D eigenvalue weighted by Gasteiger charge is -2.14. The van der Waals surface area contributed by atoms with Crippen molar-refractivity contribution in [3.05, 3.63) is 53.5 Å². The van der Waals surface area contributed by atoms with Crippen LogP contribution in [0.1, 0.15) is 29.0 Å². The molecule has 5 nitrogen and oxygen atoms in total. The molecular formula is C14H14FN3O2. The van der Waals surface area contributed by atoms with Crippen molar-refractivity contribution in [3.8, 4) is 0 Å². The molecule has 0 spiro atoms. The van der Waals surface area contributed by atoms with Crippen LogP contribution in [0.5, 0.6) is 0 Å². The molecule has 1 aromatic carbocycles. The van der Waals surface area contributed by atoms with E-state index in [2.05, 4.69) is 20.3 Å². The third-order valence-corrected chi connectivity index (χ3v) is 2.79. The molecule has 0 bridgehead atoms. The molecule has 1 aromatic heterocycles. The lowest BCUT2D eigenvalue weighted by molar-refractivity contribution is 0.0593. The van der Waals surface area contributed by atoms with E-state index in [0.717, 1.165) is 5.56 Å². The highest BCUT2D eigenvalue weighted by Gasteiger charge is 2.10. The van der Waals surface area contributed by atoms with Crippen LogP contribution >= 0.6 is 0 Å². The van der Waals surface area contributed by atoms with Gasteiger partial charge < -0.3 is 10.1 Å². The zero-order chi connectivity index (χ0) is 14.5. The maximum atomic E-state index is 12.8. The number of esters is 1. The van der Waals surface area contributed by atoms with E-state index < -0.39 is 5.97 Å². The fraction of sp³-hybridized carbons (Fsp3) is 0.214. The van der Waals surface area contributed by atoms with Gasteiger partial charge in [-0.2, -0.15) is 0 Å². The Hall–Kier alpha value is -2.50. The van der Waals surface area contributed by atoms with Gasteiger partial charge in [-0.1, -0.05) is 12.1 Å². The number of ether oxygens (including phenoxy) is 1. The summed E-state index contributed by atoms with van der Waals surface area (Å²) in [6, 6.07) is 9.30. The summed E-state index contributed by atoms with van der Waals surface area (Å²) in [5.41, 5.74) is 1.07. The Bertz CT molecular complexity index is 584. The Balaban J connectivity index is 2.06. The number of aromatic nitrogens is 2. The molecule has 2 rings (SSSR count). The lowest BCUT2D eigenvalue weighted by Crippen LogP contribution is -2.10. The largest absolute Gasteiger partial charge is 0.464 e. The summed E-state index contributed by atoms with van der Waals surface area (Å²) in [5, 5.41) is 10.8. The molecule has 1 N–H and O–H groups in total. The summed E-state index contributed by atoms with van der Waals surface area (Å²) < 4.78 is 17.4. The van der Waals surface area contributed by atoms with Crippen molar-refractivity contribution in [1.29, 1.82) is 0 Å². The SMILES string of the molecule is COC(=O)c1ccc(NC(C)c2ccc(F)cc2)nn1. The summed E-state index contributed by atoms with van der Waals surface area (Å²) in [6.45, 7) is 1.92. The maximum absolute atomic E-state index is 12.8. The van der Waals surface area contributed by atoms with Gasteiger partial charge in [0.1, 0.15) is 11.6 Å². The molecule has 2 aromatic rings. The molecular weight excluding hydrogens is 261 g/mol. The van der Waals surface area contributed by atoms with Crippen LogP contribution in [-0.2, 0) is 4.74 Å². The Labute approximate surface area is 115 Å². The second-order valence-corrected chi connectivity index (χ2v) is 4.21. The predicted molar refractivity (Wildman–Crippen MR) is 71.8 cm³/mol. The fourth-order valence-electron chi connectivity index (χ4n) is 1.68. The number of halogens is 1. The summed E-state index contributed by atoms with van der Waals surface area (Å²) in [4.78, 5) is 11.2. The van der Waals surface area contributed by atoms with E-state index >= 15 is 0 Å². The molecule has 0 fully saturated rings. The first kappa shape index (κ1) is 13.9. The number of methoxy groups -OCH3 is 1. The van der Waals surface area contributed by atoms with Crippen LogP contribution in [0.2, 0.25) is 0 Å². The molecule has 0 saturated carbocycles. The Morgan fingerprint density at radius 3 is 2.45 bits per heavy atom. The highest BCUT2D eigenvalue weighted by molar-refractivity contribution is 5.86. The van der Waals surface area contributed by atoms with E-state index in [1.54, 1.807) is 18.2 Å². The monoisotopic (exact) mass is 275 g/mol. The molecule has 6 heteroatoms. The topological polar surface area (TPSA) is 64.1 Å². The van der Waals surface area contributed by atoms with Gasteiger partial charge >= 0.3 is 5.97 Å². The average molecular weight is 275 g/mol. The number of carbonyl (C=O) groups excluding carboxylic acids is 1. The molecule has 0 radical (unpaired) electrons. The summed E-state index contributed by atoms with van der Waals surface area (Å²) in [5.74, 6) is -0.284. The number of hydrogen-bond acceptors (Lipinski definition) is 5. The van der Waals surface area contributed by atoms with Crippen LogP contribution in [-0.4, -0.2) is 23.3 Å². The number of benzene rings is 1. The van der Waals surface area contributed by atoms with Crippen molar-refractivity contribution < 1.29 is 13.9 Å². The Morgan fingerprint density at radius 2 is 1.90 bits per heavy atom. The third kappa shape index (κ3) is 3.28. The molecule has 0 aliphatic heterocycles. The molecule has 0 amide bonds. The number of anilines is 1. The standard InChI is InChI=1S/C14H14FN3O2/c1-9(10-3-5-11(15)6-4-10)16-13-8-7-12(17-18-13)14(19)20-2/h3-9H,1-2H3,(H,16,18). The summed E-state index contributed by atoms with van der Waals surface area (Å²) >= 11 is 0. The van der Waals surface area contributed by atoms with Crippen LogP contribution in [0.25, 0.3) is 0 Å². The number of rotatable bonds is 4. The molecule has 0 aliphatic rings. The van der Waals surface area contributed by atoms with Crippen LogP contribution in [0, 0.1) is 5.82 Å². The molecule has 0 aliphatic carbocycles. The maximum Gasteiger partial charge on any atom is 0.358 e. The van der Waals surface area contributed by atoms with E-state index in [1.165, 1.54) is 25.3 Å². The van der Waals surface area contributed by atoms with Crippen LogP contribution in [0.15, 0.2) is 36.4 Å². The smallest absolute Gasteiger partial charge is 0.358 e. The normalized spacial score (nSPS) is 11.8. The van der Waals surface area contributed by atoms with Crippen LogP contribution < -0.4 is 5.32 Å². The third-order valence-electron chi connectivity index (χ3n) is 2.79. The quantitative estimate of drug-likeness (QED) is 0.869. The lowest BCUT2D eigenvalue weighted by atomic mass is 10.1. The second kappa shape index (κ2) is 6.10. The average Bonchev–Trinajstić information content (AvgIpc) is 2.48. The molecule has 1 atom stereocenters. The van der Waals surface area contributed by atoms with Gasteiger partial charge in [0.05, 0.1) is 13.2 Å². The Morgan fingerprint density at radius 1 is 1.20 bits per heavy atom. The van der Waals surface area contributed by atoms with Crippen molar-refractivity contribution in [2.45, 2.75) is 13.0 Å². The van der Waals surface area contributed by atoms with E-state index in [0.29, 0.717) is 5.82 Å². The van der Waals surface area contributed by atoms with Gasteiger partial charge in [-0.25, -0.2) is 9.18 Å². The first-order chi connectivity index (χ1) is 9.60. The molecule has 104 valence electrons. The minimum atomic E-state index is -0.532. The van der Waals surface area contributed by atoms with Gasteiger partial charge in [-0.15, -0.1) is 10.2 Å². The van der Waals surface area contributed by atoms with E-state index in [9.17, 15) is 9.18 Å². The minimum absolute atomic E-state index is 0.0612. The van der Waals surface area contributed by atoms with E-state index in [-0.39, 0.29) is 17.6 Å². The first-order valence-corrected chi connectivity index (χ1v) is 6.04. The zero-order valence-electron chi connectivity index (χ0n) is 11.1. The predicted octanol–water partition coefficient (Wildman–Crippen LogP) is 2.58. The number of hydrogen-bond donors (Lipinski definition) is 1. The highest BCUT2D eigenvalue weighted by Crippen LogP contribution is 2.17. The van der Waals surface area contributed by atoms with Crippen molar-refractivity contribution in [3.63, 3.8) is 0 Å². The van der Waals surface area contributed by atoms with Crippen molar-refractivity contribution in [2.75, 3.05) is 12.4 Å². The van der Waals surface area contributed by atoms with Crippen molar-refractivity contribution in [1.82, 2.24) is 10.2 Å². The van der Waals surface area contributed by atoms with Gasteiger partial charge in [-0.3, -0.25) is 0 Å². The van der Waals surface area contributed by atoms with Gasteiger partial charge in [0.2, 0.25) is 0 Å². The van der Waals surface area contributed by atoms with E-state index in [1.807, 2.05) is 6.92 Å². The van der Waals surface area contributed by atoms with Crippen molar-refractivity contribution in [2.24, 2.45) is 0 Å². The number of nitrogens with one attached hydrogen (secondary N) is 1. The molecule has 1 unspecified atom stereocenters. The summed E-state index contributed by atoms with van der Waals surface area (Å²) in [6.07, 6.45) is 0. The minimum Gasteiger partial charge on any atom is -0.464 e. The molecule has 20 heavy (non-hydrogen) atoms. The molecule has 0 saturated heterocycles. The number of nitrogens with zero attached hydrogens (tertiary/aromatic N) is 2. The fourth-order valence-corrected chi connectivity index (χ4v) is 1.68. The van der Waals surface area contributed by atoms with Gasteiger partial charge in [-0.05, 0) is 36.8 Å². The van der Waals surface area contributed by atoms with Gasteiger partial charge in [0.25, 0.3) is 0 Å². The van der Waals surface area contributed by atoms with Crippen molar-refractivity contribution >= 4 is 11.8 Å². The van der Waals surface area contributed by atoms with E-state index in [4.69, 9.17) is 0 Å². The van der Waals surface area contributed by atoms with Gasteiger partial charge in [0.15, 0.2) is 5.69 Å². The second-order valence-electron chi connectivity index (χ2n) is 4.21. The van der Waals surface area contributed by atoms with Crippen LogP contribution in [0.3, 0.4) is 0 Å². The Kier molecular flexibility index (Phi) is 4.24. The van der Waals surface area contributed by atoms with Gasteiger partial charge in [0, 0.05) is 0 Å². The molecule has 1 heterocycles. The zero-order valence-corrected chi connectivity index (χ0v) is 11.1. The highest BCUT2D eigenvalue weighted by atomic mass is 19.1. The van der Waals surface area contributed by atoms with Crippen LogP contribution in [0.4, 0.5) is 10.2 Å². The summed E-state index contributed by atoms with van der Waals surface area (Å²) in [7, 11) is 1.28.